The van der Waals surface area contributed by atoms with Crippen LogP contribution in [-0.4, -0.2) is 101 Å². The maximum absolute atomic E-state index is 14.9. The zero-order valence-electron chi connectivity index (χ0n) is 26.7. The summed E-state index contributed by atoms with van der Waals surface area (Å²) in [5, 5.41) is 2.74. The van der Waals surface area contributed by atoms with E-state index in [0.717, 1.165) is 95.7 Å². The molecule has 46 heavy (non-hydrogen) atoms. The Kier molecular flexibility index (Phi) is 9.04. The van der Waals surface area contributed by atoms with Crippen LogP contribution < -0.4 is 16.0 Å². The SMILES string of the molecule is NC(=O)O[C@H]1CCC[C@@H]1C(CN1CCC1)(c1cccc(F)c1)C1CCN(CC2CN(c3ccc(S(=O)(=O)C4CNC4)cc3)C2)CC1. The van der Waals surface area contributed by atoms with Gasteiger partial charge in [-0.1, -0.05) is 12.1 Å². The fourth-order valence-electron chi connectivity index (χ4n) is 9.00. The number of hydrogen-bond donors (Lipinski definition) is 2. The van der Waals surface area contributed by atoms with Crippen molar-refractivity contribution in [3.8, 4) is 0 Å². The van der Waals surface area contributed by atoms with Gasteiger partial charge in [-0.15, -0.1) is 0 Å². The van der Waals surface area contributed by atoms with Gasteiger partial charge in [-0.2, -0.15) is 0 Å². The Bertz CT molecular complexity index is 1490. The fraction of sp³-hybridized carbons (Fsp3) is 0.629. The van der Waals surface area contributed by atoms with Crippen molar-refractivity contribution in [2.75, 3.05) is 70.3 Å². The average molecular weight is 654 g/mol. The van der Waals surface area contributed by atoms with Crippen molar-refractivity contribution in [2.45, 2.75) is 60.2 Å². The summed E-state index contributed by atoms with van der Waals surface area (Å²) in [7, 11) is -3.25. The molecule has 7 rings (SSSR count). The highest BCUT2D eigenvalue weighted by atomic mass is 32.2. The van der Waals surface area contributed by atoms with Gasteiger partial charge in [0.05, 0.1) is 10.1 Å². The monoisotopic (exact) mass is 653 g/mol. The summed E-state index contributed by atoms with van der Waals surface area (Å²) in [4.78, 5) is 19.8. The predicted molar refractivity (Wildman–Crippen MR) is 176 cm³/mol. The minimum Gasteiger partial charge on any atom is -0.446 e. The van der Waals surface area contributed by atoms with Crippen LogP contribution in [0.5, 0.6) is 0 Å². The Hall–Kier alpha value is -2.73. The number of carbonyl (C=O) groups is 1. The summed E-state index contributed by atoms with van der Waals surface area (Å²) < 4.78 is 46.1. The minimum atomic E-state index is -3.25. The lowest BCUT2D eigenvalue weighted by Gasteiger charge is -2.53. The van der Waals surface area contributed by atoms with E-state index in [1.165, 1.54) is 12.5 Å². The number of carbonyl (C=O) groups excluding carboxylic acids is 1. The summed E-state index contributed by atoms with van der Waals surface area (Å²) in [5.41, 5.74) is 7.37. The minimum absolute atomic E-state index is 0.103. The first-order valence-electron chi connectivity index (χ1n) is 17.2. The number of primary amides is 1. The molecule has 0 spiro atoms. The summed E-state index contributed by atoms with van der Waals surface area (Å²) in [6.07, 6.45) is 5.00. The Labute approximate surface area is 272 Å². The number of anilines is 1. The van der Waals surface area contributed by atoms with Gasteiger partial charge < -0.3 is 30.5 Å². The molecule has 2 aromatic rings. The lowest BCUT2D eigenvalue weighted by atomic mass is 9.58. The van der Waals surface area contributed by atoms with Crippen molar-refractivity contribution >= 4 is 21.6 Å². The molecule has 1 aliphatic carbocycles. The van der Waals surface area contributed by atoms with Gasteiger partial charge in [0.25, 0.3) is 0 Å². The van der Waals surface area contributed by atoms with Crippen LogP contribution in [0.25, 0.3) is 0 Å². The highest BCUT2D eigenvalue weighted by Crippen LogP contribution is 2.52. The maximum Gasteiger partial charge on any atom is 0.404 e. The van der Waals surface area contributed by atoms with E-state index < -0.39 is 15.9 Å². The molecule has 0 bridgehead atoms. The van der Waals surface area contributed by atoms with Crippen LogP contribution in [0.1, 0.15) is 44.1 Å². The molecule has 2 aromatic carbocycles. The number of hydrogen-bond acceptors (Lipinski definition) is 8. The van der Waals surface area contributed by atoms with Crippen molar-refractivity contribution in [1.29, 1.82) is 0 Å². The van der Waals surface area contributed by atoms with Crippen LogP contribution in [0, 0.1) is 23.6 Å². The Morgan fingerprint density at radius 2 is 1.70 bits per heavy atom. The third-order valence-electron chi connectivity index (χ3n) is 11.7. The molecule has 1 amide bonds. The summed E-state index contributed by atoms with van der Waals surface area (Å²) >= 11 is 0. The van der Waals surface area contributed by atoms with Gasteiger partial charge in [0.1, 0.15) is 11.9 Å². The quantitative estimate of drug-likeness (QED) is 0.379. The summed E-state index contributed by atoms with van der Waals surface area (Å²) in [5.74, 6) is 0.801. The van der Waals surface area contributed by atoms with Gasteiger partial charge in [-0.25, -0.2) is 17.6 Å². The number of halogens is 1. The molecule has 5 fully saturated rings. The van der Waals surface area contributed by atoms with Gasteiger partial charge in [0.15, 0.2) is 9.84 Å². The normalized spacial score (nSPS) is 26.6. The van der Waals surface area contributed by atoms with E-state index in [1.54, 1.807) is 18.2 Å². The van der Waals surface area contributed by atoms with Crippen molar-refractivity contribution in [3.63, 3.8) is 0 Å². The highest BCUT2D eigenvalue weighted by molar-refractivity contribution is 7.92. The van der Waals surface area contributed by atoms with E-state index in [-0.39, 0.29) is 28.5 Å². The van der Waals surface area contributed by atoms with Crippen molar-refractivity contribution < 1.29 is 22.3 Å². The molecule has 0 aromatic heterocycles. The zero-order valence-corrected chi connectivity index (χ0v) is 27.5. The molecule has 1 unspecified atom stereocenters. The van der Waals surface area contributed by atoms with Crippen molar-refractivity contribution in [3.05, 3.63) is 59.9 Å². The largest absolute Gasteiger partial charge is 0.446 e. The number of benzene rings is 2. The van der Waals surface area contributed by atoms with Crippen LogP contribution in [-0.2, 0) is 20.0 Å². The van der Waals surface area contributed by atoms with Gasteiger partial charge in [-0.05, 0) is 113 Å². The molecule has 3 atom stereocenters. The van der Waals surface area contributed by atoms with Gasteiger partial charge in [0, 0.05) is 62.2 Å². The molecule has 4 aliphatic heterocycles. The molecule has 4 heterocycles. The number of sulfone groups is 1. The number of ether oxygens (including phenoxy) is 1. The van der Waals surface area contributed by atoms with Crippen LogP contribution in [0.15, 0.2) is 53.4 Å². The first kappa shape index (κ1) is 31.8. The second-order valence-corrected chi connectivity index (χ2v) is 16.6. The van der Waals surface area contributed by atoms with Crippen LogP contribution in [0.3, 0.4) is 0 Å². The zero-order chi connectivity index (χ0) is 31.9. The first-order valence-corrected chi connectivity index (χ1v) is 18.7. The van der Waals surface area contributed by atoms with Gasteiger partial charge >= 0.3 is 6.09 Å². The van der Waals surface area contributed by atoms with Gasteiger partial charge in [-0.3, -0.25) is 0 Å². The molecule has 1 saturated carbocycles. The number of amides is 1. The second-order valence-electron chi connectivity index (χ2n) is 14.4. The molecular formula is C35H48FN5O4S. The first-order chi connectivity index (χ1) is 22.2. The van der Waals surface area contributed by atoms with E-state index in [1.807, 2.05) is 18.2 Å². The lowest BCUT2D eigenvalue weighted by Crippen LogP contribution is -2.58. The van der Waals surface area contributed by atoms with E-state index >= 15 is 0 Å². The number of likely N-dealkylation sites (tertiary alicyclic amines) is 2. The van der Waals surface area contributed by atoms with Crippen LogP contribution in [0.4, 0.5) is 14.9 Å². The third kappa shape index (κ3) is 6.16. The van der Waals surface area contributed by atoms with E-state index in [4.69, 9.17) is 10.5 Å². The van der Waals surface area contributed by atoms with E-state index in [9.17, 15) is 17.6 Å². The summed E-state index contributed by atoms with van der Waals surface area (Å²) in [6.45, 7) is 9.00. The number of rotatable bonds is 11. The third-order valence-corrected chi connectivity index (χ3v) is 13.8. The highest BCUT2D eigenvalue weighted by Gasteiger charge is 2.53. The number of nitrogens with zero attached hydrogens (tertiary/aromatic N) is 3. The Balaban J connectivity index is 1.01. The second kappa shape index (κ2) is 13.1. The summed E-state index contributed by atoms with van der Waals surface area (Å²) in [6, 6.07) is 14.6. The number of piperidine rings is 1. The Morgan fingerprint density at radius 3 is 2.30 bits per heavy atom. The predicted octanol–water partition coefficient (Wildman–Crippen LogP) is 3.63. The molecule has 250 valence electrons. The molecular weight excluding hydrogens is 605 g/mol. The maximum atomic E-state index is 14.9. The van der Waals surface area contributed by atoms with E-state index in [2.05, 4.69) is 26.1 Å². The standard InChI is InChI=1S/C35H48FN5O4S/c36-28-5-1-4-27(18-28)35(24-40-14-3-15-40,32-6-2-7-33(32)45-34(37)42)26-12-16-39(17-13-26)21-25-22-41(23-25)29-8-10-30(11-9-29)46(43,44)31-19-38-20-31/h1,4-5,8-11,18,25-26,31-33,38H,2-3,6-7,12-17,19-24H2,(H2,37,42)/t32-,33-,35?/m0/s1. The lowest BCUT2D eigenvalue weighted by molar-refractivity contribution is -0.0145. The average Bonchev–Trinajstić information content (AvgIpc) is 3.41. The van der Waals surface area contributed by atoms with Crippen LogP contribution in [0.2, 0.25) is 0 Å². The van der Waals surface area contributed by atoms with Crippen molar-refractivity contribution in [2.24, 2.45) is 23.5 Å². The van der Waals surface area contributed by atoms with E-state index in [0.29, 0.717) is 29.8 Å². The molecule has 4 saturated heterocycles. The smallest absolute Gasteiger partial charge is 0.404 e. The molecule has 9 nitrogen and oxygen atoms in total. The molecule has 11 heteroatoms. The molecule has 3 N–H and O–H groups in total. The fourth-order valence-corrected chi connectivity index (χ4v) is 10.6. The van der Waals surface area contributed by atoms with Crippen molar-refractivity contribution in [1.82, 2.24) is 15.1 Å². The molecule has 0 radical (unpaired) electrons. The number of nitrogens with one attached hydrogen (secondary N) is 1. The molecule has 5 aliphatic rings. The topological polar surface area (TPSA) is 108 Å². The van der Waals surface area contributed by atoms with Gasteiger partial charge in [0.2, 0.25) is 0 Å². The number of nitrogens with two attached hydrogens (primary N) is 1. The Morgan fingerprint density at radius 1 is 0.957 bits per heavy atom. The van der Waals surface area contributed by atoms with Crippen LogP contribution >= 0.6 is 0 Å².